The van der Waals surface area contributed by atoms with E-state index >= 15 is 0 Å². The molecule has 0 amide bonds. The maximum atomic E-state index is 5.85. The van der Waals surface area contributed by atoms with Crippen LogP contribution < -0.4 is 5.32 Å². The van der Waals surface area contributed by atoms with E-state index < -0.39 is 0 Å². The van der Waals surface area contributed by atoms with Gasteiger partial charge in [0.05, 0.1) is 0 Å². The number of nitrogens with one attached hydrogen (secondary N) is 1. The average molecular weight is 212 g/mol. The molecule has 14 heavy (non-hydrogen) atoms. The van der Waals surface area contributed by atoms with Gasteiger partial charge in [0, 0.05) is 19.0 Å². The molecule has 1 N–H and O–H groups in total. The van der Waals surface area contributed by atoms with Crippen LogP contribution in [-0.4, -0.2) is 16.5 Å². The van der Waals surface area contributed by atoms with Crippen molar-refractivity contribution in [2.24, 2.45) is 0 Å². The van der Waals surface area contributed by atoms with Crippen molar-refractivity contribution in [3.8, 4) is 0 Å². The molecule has 0 aromatic carbocycles. The van der Waals surface area contributed by atoms with Crippen molar-refractivity contribution in [2.75, 3.05) is 11.9 Å². The van der Waals surface area contributed by atoms with E-state index in [-0.39, 0.29) is 0 Å². The van der Waals surface area contributed by atoms with E-state index in [1.165, 1.54) is 0 Å². The normalized spacial score (nSPS) is 9.86. The second-order valence-corrected chi connectivity index (χ2v) is 3.30. The van der Waals surface area contributed by atoms with Gasteiger partial charge in [-0.2, -0.15) is 0 Å². The van der Waals surface area contributed by atoms with E-state index in [9.17, 15) is 0 Å². The predicted octanol–water partition coefficient (Wildman–Crippen LogP) is 2.68. The Kier molecular flexibility index (Phi) is 4.40. The Bertz CT molecular complexity index is 312. The minimum Gasteiger partial charge on any atom is -0.366 e. The number of hydrogen-bond donors (Lipinski definition) is 1. The van der Waals surface area contributed by atoms with Crippen LogP contribution in [0.15, 0.2) is 18.7 Å². The molecular weight excluding hydrogens is 198 g/mol. The third-order valence-electron chi connectivity index (χ3n) is 1.64. The molecule has 1 heterocycles. The highest BCUT2D eigenvalue weighted by Gasteiger charge is 2.01. The van der Waals surface area contributed by atoms with E-state index in [1.807, 2.05) is 0 Å². The van der Waals surface area contributed by atoms with Crippen LogP contribution in [0, 0.1) is 0 Å². The SMILES string of the molecule is C=CCNc1cc(Cl)nc(CCC)n1. The molecule has 0 fully saturated rings. The van der Waals surface area contributed by atoms with Gasteiger partial charge in [-0.3, -0.25) is 0 Å². The van der Waals surface area contributed by atoms with Gasteiger partial charge in [0.15, 0.2) is 0 Å². The average Bonchev–Trinajstić information content (AvgIpc) is 2.14. The van der Waals surface area contributed by atoms with Crippen molar-refractivity contribution in [1.29, 1.82) is 0 Å². The molecule has 0 atom stereocenters. The Balaban J connectivity index is 2.77. The second-order valence-electron chi connectivity index (χ2n) is 2.91. The number of aromatic nitrogens is 2. The van der Waals surface area contributed by atoms with Crippen molar-refractivity contribution < 1.29 is 0 Å². The maximum absolute atomic E-state index is 5.85. The summed E-state index contributed by atoms with van der Waals surface area (Å²) in [5, 5.41) is 3.56. The first-order valence-corrected chi connectivity index (χ1v) is 5.02. The molecule has 0 aliphatic heterocycles. The summed E-state index contributed by atoms with van der Waals surface area (Å²) in [4.78, 5) is 8.43. The number of anilines is 1. The highest BCUT2D eigenvalue weighted by molar-refractivity contribution is 6.29. The zero-order chi connectivity index (χ0) is 10.4. The lowest BCUT2D eigenvalue weighted by Crippen LogP contribution is -2.04. The molecule has 1 aromatic heterocycles. The summed E-state index contributed by atoms with van der Waals surface area (Å²) in [5.74, 6) is 1.54. The molecule has 0 spiro atoms. The molecule has 0 aliphatic carbocycles. The first-order valence-electron chi connectivity index (χ1n) is 4.64. The Morgan fingerprint density at radius 1 is 1.57 bits per heavy atom. The number of aryl methyl sites for hydroxylation is 1. The summed E-state index contributed by atoms with van der Waals surface area (Å²) >= 11 is 5.85. The first-order chi connectivity index (χ1) is 6.76. The van der Waals surface area contributed by atoms with Crippen molar-refractivity contribution in [2.45, 2.75) is 19.8 Å². The summed E-state index contributed by atoms with van der Waals surface area (Å²) < 4.78 is 0. The number of nitrogens with zero attached hydrogens (tertiary/aromatic N) is 2. The van der Waals surface area contributed by atoms with E-state index in [0.29, 0.717) is 11.7 Å². The fourth-order valence-electron chi connectivity index (χ4n) is 1.07. The van der Waals surface area contributed by atoms with Crippen LogP contribution in [0.25, 0.3) is 0 Å². The highest BCUT2D eigenvalue weighted by Crippen LogP contribution is 2.12. The Hall–Kier alpha value is -1.09. The summed E-state index contributed by atoms with van der Waals surface area (Å²) in [6.45, 7) is 6.38. The molecule has 0 saturated carbocycles. The lowest BCUT2D eigenvalue weighted by Gasteiger charge is -2.04. The topological polar surface area (TPSA) is 37.8 Å². The van der Waals surface area contributed by atoms with E-state index in [0.717, 1.165) is 24.5 Å². The molecule has 1 rings (SSSR count). The summed E-state index contributed by atoms with van der Waals surface area (Å²) in [7, 11) is 0. The van der Waals surface area contributed by atoms with Gasteiger partial charge in [0.1, 0.15) is 16.8 Å². The lowest BCUT2D eigenvalue weighted by molar-refractivity contribution is 0.835. The second kappa shape index (κ2) is 5.60. The fraction of sp³-hybridized carbons (Fsp3) is 0.400. The molecule has 4 heteroatoms. The van der Waals surface area contributed by atoms with Crippen molar-refractivity contribution >= 4 is 17.4 Å². The largest absolute Gasteiger partial charge is 0.366 e. The molecule has 0 saturated heterocycles. The number of halogens is 1. The molecule has 0 radical (unpaired) electrons. The molecule has 3 nitrogen and oxygen atoms in total. The smallest absolute Gasteiger partial charge is 0.134 e. The van der Waals surface area contributed by atoms with Crippen LogP contribution in [0.3, 0.4) is 0 Å². The van der Waals surface area contributed by atoms with E-state index in [4.69, 9.17) is 11.6 Å². The van der Waals surface area contributed by atoms with Gasteiger partial charge in [0.2, 0.25) is 0 Å². The quantitative estimate of drug-likeness (QED) is 0.601. The van der Waals surface area contributed by atoms with Crippen molar-refractivity contribution in [3.05, 3.63) is 29.7 Å². The number of hydrogen-bond acceptors (Lipinski definition) is 3. The lowest BCUT2D eigenvalue weighted by atomic mass is 10.3. The van der Waals surface area contributed by atoms with Crippen LogP contribution in [0.5, 0.6) is 0 Å². The third-order valence-corrected chi connectivity index (χ3v) is 1.84. The monoisotopic (exact) mass is 211 g/mol. The summed E-state index contributed by atoms with van der Waals surface area (Å²) in [6, 6.07) is 1.71. The van der Waals surface area contributed by atoms with Gasteiger partial charge < -0.3 is 5.32 Å². The van der Waals surface area contributed by atoms with Gasteiger partial charge in [0.25, 0.3) is 0 Å². The van der Waals surface area contributed by atoms with Gasteiger partial charge in [-0.05, 0) is 6.42 Å². The molecule has 0 bridgehead atoms. The minimum absolute atomic E-state index is 0.481. The molecule has 0 unspecified atom stereocenters. The zero-order valence-electron chi connectivity index (χ0n) is 8.26. The minimum atomic E-state index is 0.481. The van der Waals surface area contributed by atoms with Crippen molar-refractivity contribution in [3.63, 3.8) is 0 Å². The maximum Gasteiger partial charge on any atom is 0.134 e. The van der Waals surface area contributed by atoms with Gasteiger partial charge in [-0.25, -0.2) is 9.97 Å². The highest BCUT2D eigenvalue weighted by atomic mass is 35.5. The van der Waals surface area contributed by atoms with Gasteiger partial charge in [-0.15, -0.1) is 6.58 Å². The predicted molar refractivity (Wildman–Crippen MR) is 59.7 cm³/mol. The molecule has 76 valence electrons. The Labute approximate surface area is 89.2 Å². The first kappa shape index (κ1) is 11.0. The standard InChI is InChI=1S/C10H14ClN3/c1-3-5-9-13-8(11)7-10(14-9)12-6-4-2/h4,7H,2-3,5-6H2,1H3,(H,12,13,14). The van der Waals surface area contributed by atoms with Crippen LogP contribution in [-0.2, 0) is 6.42 Å². The van der Waals surface area contributed by atoms with Crippen LogP contribution in [0.1, 0.15) is 19.2 Å². The Morgan fingerprint density at radius 2 is 2.36 bits per heavy atom. The Morgan fingerprint density at radius 3 is 3.00 bits per heavy atom. The van der Waals surface area contributed by atoms with Gasteiger partial charge in [-0.1, -0.05) is 24.6 Å². The molecular formula is C10H14ClN3. The van der Waals surface area contributed by atoms with Crippen LogP contribution in [0.4, 0.5) is 5.82 Å². The van der Waals surface area contributed by atoms with Crippen LogP contribution in [0.2, 0.25) is 5.15 Å². The third kappa shape index (κ3) is 3.34. The summed E-state index contributed by atoms with van der Waals surface area (Å²) in [6.07, 6.45) is 3.64. The zero-order valence-corrected chi connectivity index (χ0v) is 9.01. The van der Waals surface area contributed by atoms with Crippen molar-refractivity contribution in [1.82, 2.24) is 9.97 Å². The molecule has 1 aromatic rings. The summed E-state index contributed by atoms with van der Waals surface area (Å²) in [5.41, 5.74) is 0. The van der Waals surface area contributed by atoms with E-state index in [1.54, 1.807) is 12.1 Å². The number of rotatable bonds is 5. The molecule has 0 aliphatic rings. The van der Waals surface area contributed by atoms with E-state index in [2.05, 4.69) is 28.8 Å². The fourth-order valence-corrected chi connectivity index (χ4v) is 1.27. The van der Waals surface area contributed by atoms with Gasteiger partial charge >= 0.3 is 0 Å². The van der Waals surface area contributed by atoms with Crippen LogP contribution >= 0.6 is 11.6 Å².